The summed E-state index contributed by atoms with van der Waals surface area (Å²) in [6.07, 6.45) is 1.02. The molecule has 0 radical (unpaired) electrons. The van der Waals surface area contributed by atoms with Gasteiger partial charge in [-0.3, -0.25) is 4.79 Å². The zero-order valence-corrected chi connectivity index (χ0v) is 15.3. The maximum atomic E-state index is 12.3. The van der Waals surface area contributed by atoms with E-state index in [2.05, 4.69) is 11.8 Å². The minimum atomic E-state index is -0.584. The summed E-state index contributed by atoms with van der Waals surface area (Å²) >= 11 is 0. The third kappa shape index (κ3) is 6.77. The number of carbonyl (C=O) groups excluding carboxylic acids is 2. The van der Waals surface area contributed by atoms with Gasteiger partial charge in [0.2, 0.25) is 0 Å². The van der Waals surface area contributed by atoms with Gasteiger partial charge in [0.05, 0.1) is 12.5 Å². The van der Waals surface area contributed by atoms with Crippen molar-refractivity contribution in [2.75, 3.05) is 39.3 Å². The molecule has 0 aromatic heterocycles. The van der Waals surface area contributed by atoms with Crippen molar-refractivity contribution < 1.29 is 19.1 Å². The molecule has 1 rings (SSSR count). The van der Waals surface area contributed by atoms with Gasteiger partial charge in [-0.25, -0.2) is 4.79 Å². The van der Waals surface area contributed by atoms with Crippen LogP contribution < -0.4 is 0 Å². The Hall–Kier alpha value is -1.30. The highest BCUT2D eigenvalue weighted by Gasteiger charge is 2.29. The average Bonchev–Trinajstić information content (AvgIpc) is 2.52. The molecule has 6 heteroatoms. The highest BCUT2D eigenvalue weighted by atomic mass is 16.6. The Morgan fingerprint density at radius 1 is 1.13 bits per heavy atom. The van der Waals surface area contributed by atoms with Crippen LogP contribution in [0.1, 0.15) is 47.5 Å². The van der Waals surface area contributed by atoms with E-state index in [1.807, 2.05) is 20.8 Å². The monoisotopic (exact) mass is 328 g/mol. The van der Waals surface area contributed by atoms with Crippen LogP contribution in [0.4, 0.5) is 4.79 Å². The molecule has 0 aliphatic carbocycles. The molecule has 23 heavy (non-hydrogen) atoms. The molecule has 1 heterocycles. The van der Waals surface area contributed by atoms with E-state index >= 15 is 0 Å². The number of piperazine rings is 1. The predicted octanol–water partition coefficient (Wildman–Crippen LogP) is 2.52. The molecule has 1 unspecified atom stereocenters. The largest absolute Gasteiger partial charge is 0.466 e. The molecule has 1 amide bonds. The third-order valence-electron chi connectivity index (χ3n) is 4.31. The van der Waals surface area contributed by atoms with Crippen LogP contribution >= 0.6 is 0 Å². The van der Waals surface area contributed by atoms with Gasteiger partial charge >= 0.3 is 12.1 Å². The van der Waals surface area contributed by atoms with E-state index in [4.69, 9.17) is 9.47 Å². The number of nitrogens with zero attached hydrogens (tertiary/aromatic N) is 2. The number of esters is 1. The van der Waals surface area contributed by atoms with Gasteiger partial charge in [-0.1, -0.05) is 13.8 Å². The van der Waals surface area contributed by atoms with Gasteiger partial charge in [0, 0.05) is 26.2 Å². The van der Waals surface area contributed by atoms with E-state index in [1.54, 1.807) is 11.8 Å². The summed E-state index contributed by atoms with van der Waals surface area (Å²) in [5.41, 5.74) is -0.584. The summed E-state index contributed by atoms with van der Waals surface area (Å²) in [7, 11) is 0. The molecular weight excluding hydrogens is 296 g/mol. The number of amides is 1. The van der Waals surface area contributed by atoms with E-state index in [0.29, 0.717) is 32.5 Å². The first-order chi connectivity index (χ1) is 10.8. The molecule has 1 atom stereocenters. The Labute approximate surface area is 140 Å². The van der Waals surface area contributed by atoms with Gasteiger partial charge in [-0.2, -0.15) is 0 Å². The van der Waals surface area contributed by atoms with Crippen LogP contribution in [0, 0.1) is 5.92 Å². The van der Waals surface area contributed by atoms with Gasteiger partial charge in [0.25, 0.3) is 0 Å². The van der Waals surface area contributed by atoms with Crippen LogP contribution in [0.25, 0.3) is 0 Å². The van der Waals surface area contributed by atoms with E-state index < -0.39 is 5.60 Å². The molecule has 0 aromatic carbocycles. The normalized spacial score (nSPS) is 17.7. The highest BCUT2D eigenvalue weighted by molar-refractivity contribution is 5.72. The maximum absolute atomic E-state index is 12.3. The summed E-state index contributed by atoms with van der Waals surface area (Å²) < 4.78 is 10.7. The number of hydrogen-bond acceptors (Lipinski definition) is 5. The van der Waals surface area contributed by atoms with E-state index in [0.717, 1.165) is 19.6 Å². The maximum Gasteiger partial charge on any atom is 0.410 e. The van der Waals surface area contributed by atoms with Crippen LogP contribution in [0.5, 0.6) is 0 Å². The molecule has 0 bridgehead atoms. The lowest BCUT2D eigenvalue weighted by atomic mass is 9.96. The summed E-state index contributed by atoms with van der Waals surface area (Å²) in [6.45, 7) is 14.2. The topological polar surface area (TPSA) is 59.1 Å². The minimum Gasteiger partial charge on any atom is -0.466 e. The van der Waals surface area contributed by atoms with Gasteiger partial charge in [0.15, 0.2) is 0 Å². The standard InChI is InChI=1S/C17H32N2O4/c1-6-18-10-12-19(13-11-18)16(21)23-17(4,5)9-8-14(3)15(20)22-7-2/h14H,6-13H2,1-5H3. The molecule has 1 aliphatic rings. The molecule has 6 nitrogen and oxygen atoms in total. The van der Waals surface area contributed by atoms with Crippen LogP contribution in [0.15, 0.2) is 0 Å². The van der Waals surface area contributed by atoms with Gasteiger partial charge in [0.1, 0.15) is 5.60 Å². The molecule has 1 fully saturated rings. The third-order valence-corrected chi connectivity index (χ3v) is 4.31. The number of rotatable bonds is 7. The first kappa shape index (κ1) is 19.7. The van der Waals surface area contributed by atoms with Crippen molar-refractivity contribution in [3.63, 3.8) is 0 Å². The lowest BCUT2D eigenvalue weighted by molar-refractivity contribution is -0.147. The summed E-state index contributed by atoms with van der Waals surface area (Å²) in [4.78, 5) is 28.0. The second-order valence-corrected chi connectivity index (χ2v) is 6.74. The fraction of sp³-hybridized carbons (Fsp3) is 0.882. The highest BCUT2D eigenvalue weighted by Crippen LogP contribution is 2.22. The first-order valence-corrected chi connectivity index (χ1v) is 8.66. The van der Waals surface area contributed by atoms with Crippen molar-refractivity contribution in [3.8, 4) is 0 Å². The molecule has 1 aliphatic heterocycles. The van der Waals surface area contributed by atoms with Gasteiger partial charge < -0.3 is 19.3 Å². The Morgan fingerprint density at radius 3 is 2.26 bits per heavy atom. The fourth-order valence-electron chi connectivity index (χ4n) is 2.57. The second kappa shape index (κ2) is 9.11. The number of carbonyl (C=O) groups is 2. The Kier molecular flexibility index (Phi) is 7.82. The zero-order valence-electron chi connectivity index (χ0n) is 15.3. The van der Waals surface area contributed by atoms with Crippen molar-refractivity contribution in [2.45, 2.75) is 53.1 Å². The summed E-state index contributed by atoms with van der Waals surface area (Å²) in [6, 6.07) is 0. The Bertz CT molecular complexity index is 390. The fourth-order valence-corrected chi connectivity index (χ4v) is 2.57. The van der Waals surface area contributed by atoms with Crippen molar-refractivity contribution in [2.24, 2.45) is 5.92 Å². The van der Waals surface area contributed by atoms with E-state index in [1.165, 1.54) is 0 Å². The summed E-state index contributed by atoms with van der Waals surface area (Å²) in [5, 5.41) is 0. The lowest BCUT2D eigenvalue weighted by Crippen LogP contribution is -2.50. The first-order valence-electron chi connectivity index (χ1n) is 8.66. The van der Waals surface area contributed by atoms with Crippen LogP contribution in [-0.2, 0) is 14.3 Å². The molecule has 134 valence electrons. The minimum absolute atomic E-state index is 0.180. The molecule has 0 saturated carbocycles. The molecule has 0 aromatic rings. The van der Waals surface area contributed by atoms with Crippen molar-refractivity contribution in [1.29, 1.82) is 0 Å². The molecule has 0 spiro atoms. The average molecular weight is 328 g/mol. The van der Waals surface area contributed by atoms with E-state index in [-0.39, 0.29) is 18.0 Å². The van der Waals surface area contributed by atoms with Crippen LogP contribution in [0.3, 0.4) is 0 Å². The molecule has 0 N–H and O–H groups in total. The number of ether oxygens (including phenoxy) is 2. The molecular formula is C17H32N2O4. The lowest BCUT2D eigenvalue weighted by Gasteiger charge is -2.36. The van der Waals surface area contributed by atoms with Crippen LogP contribution in [-0.4, -0.2) is 66.8 Å². The number of hydrogen-bond donors (Lipinski definition) is 0. The molecule has 1 saturated heterocycles. The van der Waals surface area contributed by atoms with Gasteiger partial charge in [-0.15, -0.1) is 0 Å². The van der Waals surface area contributed by atoms with Crippen molar-refractivity contribution in [1.82, 2.24) is 9.80 Å². The Balaban J connectivity index is 2.39. The smallest absolute Gasteiger partial charge is 0.410 e. The quantitative estimate of drug-likeness (QED) is 0.672. The number of likely N-dealkylation sites (N-methyl/N-ethyl adjacent to an activating group) is 1. The van der Waals surface area contributed by atoms with E-state index in [9.17, 15) is 9.59 Å². The second-order valence-electron chi connectivity index (χ2n) is 6.74. The SMILES string of the molecule is CCOC(=O)C(C)CCC(C)(C)OC(=O)N1CCN(CC)CC1. The zero-order chi connectivity index (χ0) is 17.5. The van der Waals surface area contributed by atoms with Crippen molar-refractivity contribution >= 4 is 12.1 Å². The summed E-state index contributed by atoms with van der Waals surface area (Å²) in [5.74, 6) is -0.369. The predicted molar refractivity (Wildman–Crippen MR) is 89.3 cm³/mol. The van der Waals surface area contributed by atoms with Gasteiger partial charge in [-0.05, 0) is 40.2 Å². The van der Waals surface area contributed by atoms with Crippen LogP contribution in [0.2, 0.25) is 0 Å². The Morgan fingerprint density at radius 2 is 1.74 bits per heavy atom. The van der Waals surface area contributed by atoms with Crippen molar-refractivity contribution in [3.05, 3.63) is 0 Å².